The lowest BCUT2D eigenvalue weighted by atomic mass is 9.65. The van der Waals surface area contributed by atoms with Gasteiger partial charge in [0.15, 0.2) is 17.5 Å². The Morgan fingerprint density at radius 2 is 1.70 bits per heavy atom. The molecule has 2 spiro atoms. The highest BCUT2D eigenvalue weighted by atomic mass is 16.7. The number of rotatable bonds is 5. The molecule has 0 bridgehead atoms. The number of hydrogen-bond acceptors (Lipinski definition) is 10. The molecule has 2 aromatic carbocycles. The lowest BCUT2D eigenvalue weighted by Crippen LogP contribution is -2.60. The van der Waals surface area contributed by atoms with Crippen LogP contribution in [0.1, 0.15) is 67.7 Å². The lowest BCUT2D eigenvalue weighted by Gasteiger charge is -2.47. The zero-order valence-electron chi connectivity index (χ0n) is 22.8. The average Bonchev–Trinajstić information content (AvgIpc) is 3.29. The summed E-state index contributed by atoms with van der Waals surface area (Å²) in [7, 11) is 3.01. The Kier molecular flexibility index (Phi) is 6.43. The minimum atomic E-state index is -1.95. The van der Waals surface area contributed by atoms with E-state index in [-0.39, 0.29) is 6.61 Å². The van der Waals surface area contributed by atoms with Gasteiger partial charge < -0.3 is 23.7 Å². The van der Waals surface area contributed by atoms with Gasteiger partial charge in [-0.05, 0) is 48.6 Å². The van der Waals surface area contributed by atoms with Gasteiger partial charge in [0.05, 0.1) is 27.0 Å². The van der Waals surface area contributed by atoms with Gasteiger partial charge in [-0.2, -0.15) is 5.10 Å². The highest BCUT2D eigenvalue weighted by Gasteiger charge is 2.76. The molecule has 40 heavy (non-hydrogen) atoms. The number of hydrazone groups is 1. The largest absolute Gasteiger partial charge is 0.493 e. The molecule has 3 aliphatic heterocycles. The minimum Gasteiger partial charge on any atom is -0.493 e. The fourth-order valence-corrected chi connectivity index (χ4v) is 6.82. The van der Waals surface area contributed by atoms with Crippen LogP contribution in [0.3, 0.4) is 0 Å². The Bertz CT molecular complexity index is 1360. The van der Waals surface area contributed by atoms with Crippen molar-refractivity contribution in [1.82, 2.24) is 5.01 Å². The summed E-state index contributed by atoms with van der Waals surface area (Å²) in [6.45, 7) is 1.81. The molecule has 0 radical (unpaired) electrons. The quantitative estimate of drug-likeness (QED) is 0.406. The summed E-state index contributed by atoms with van der Waals surface area (Å²) in [6, 6.07) is 10.4. The van der Waals surface area contributed by atoms with Crippen molar-refractivity contribution in [3.63, 3.8) is 0 Å². The van der Waals surface area contributed by atoms with Crippen LogP contribution in [0, 0.1) is 5.41 Å². The third kappa shape index (κ3) is 3.68. The van der Waals surface area contributed by atoms with Crippen LogP contribution >= 0.6 is 0 Å². The summed E-state index contributed by atoms with van der Waals surface area (Å²) in [5.41, 5.74) is -0.0556. The molecular formula is C30H32N2O8. The molecule has 3 fully saturated rings. The first-order valence-corrected chi connectivity index (χ1v) is 13.7. The summed E-state index contributed by atoms with van der Waals surface area (Å²) in [5, 5.41) is 6.15. The third-order valence-electron chi connectivity index (χ3n) is 8.55. The van der Waals surface area contributed by atoms with Gasteiger partial charge in [-0.1, -0.05) is 36.8 Å². The van der Waals surface area contributed by atoms with Crippen molar-refractivity contribution >= 4 is 24.1 Å². The zero-order chi connectivity index (χ0) is 28.1. The number of carbonyl (C=O) groups excluding carboxylic acids is 3. The van der Waals surface area contributed by atoms with E-state index in [1.165, 1.54) is 19.2 Å². The zero-order valence-corrected chi connectivity index (χ0v) is 22.8. The van der Waals surface area contributed by atoms with E-state index in [1.807, 2.05) is 24.3 Å². The van der Waals surface area contributed by atoms with E-state index in [4.69, 9.17) is 23.7 Å². The van der Waals surface area contributed by atoms with Crippen LogP contribution in [-0.4, -0.2) is 61.8 Å². The molecule has 1 saturated carbocycles. The normalized spacial score (nSPS) is 25.6. The molecule has 210 valence electrons. The topological polar surface area (TPSA) is 113 Å². The molecule has 10 nitrogen and oxygen atoms in total. The van der Waals surface area contributed by atoms with E-state index in [0.29, 0.717) is 35.5 Å². The van der Waals surface area contributed by atoms with E-state index in [0.717, 1.165) is 24.8 Å². The SMILES string of the molecule is CCOC(=O)[C@H]1[C@H](c2ccc(OC)c(OC)c2)C2(C(=O)OC3(CCCCC3)OC2=O)C2c3ccccc3C=NN21. The fourth-order valence-electron chi connectivity index (χ4n) is 6.82. The molecule has 4 aliphatic rings. The molecule has 3 heterocycles. The Morgan fingerprint density at radius 3 is 2.38 bits per heavy atom. The van der Waals surface area contributed by atoms with Gasteiger partial charge in [0.2, 0.25) is 5.41 Å². The number of methoxy groups -OCH3 is 2. The van der Waals surface area contributed by atoms with Gasteiger partial charge in [0.1, 0.15) is 6.04 Å². The van der Waals surface area contributed by atoms with E-state index in [2.05, 4.69) is 5.10 Å². The number of carbonyl (C=O) groups is 3. The average molecular weight is 549 g/mol. The van der Waals surface area contributed by atoms with Gasteiger partial charge in [-0.25, -0.2) is 4.79 Å². The Balaban J connectivity index is 1.61. The predicted molar refractivity (Wildman–Crippen MR) is 142 cm³/mol. The number of nitrogens with zero attached hydrogens (tertiary/aromatic N) is 2. The summed E-state index contributed by atoms with van der Waals surface area (Å²) in [5.74, 6) is -3.59. The van der Waals surface area contributed by atoms with Gasteiger partial charge in [-0.15, -0.1) is 0 Å². The van der Waals surface area contributed by atoms with E-state index >= 15 is 0 Å². The van der Waals surface area contributed by atoms with Crippen molar-refractivity contribution in [2.24, 2.45) is 10.5 Å². The predicted octanol–water partition coefficient (Wildman–Crippen LogP) is 3.87. The minimum absolute atomic E-state index is 0.109. The van der Waals surface area contributed by atoms with Crippen molar-refractivity contribution in [2.45, 2.75) is 62.8 Å². The first-order valence-electron chi connectivity index (χ1n) is 13.7. The summed E-state index contributed by atoms with van der Waals surface area (Å²) in [6.07, 6.45) is 5.03. The van der Waals surface area contributed by atoms with Gasteiger partial charge in [0, 0.05) is 18.8 Å². The number of hydrogen-bond donors (Lipinski definition) is 0. The third-order valence-corrected chi connectivity index (χ3v) is 8.55. The van der Waals surface area contributed by atoms with E-state index < -0.39 is 47.1 Å². The summed E-state index contributed by atoms with van der Waals surface area (Å²) < 4.78 is 28.8. The fraction of sp³-hybridized carbons (Fsp3) is 0.467. The van der Waals surface area contributed by atoms with Crippen LogP contribution in [0.4, 0.5) is 0 Å². The van der Waals surface area contributed by atoms with Crippen LogP contribution in [-0.2, 0) is 28.6 Å². The van der Waals surface area contributed by atoms with Crippen LogP contribution in [0.5, 0.6) is 11.5 Å². The monoisotopic (exact) mass is 548 g/mol. The van der Waals surface area contributed by atoms with Crippen LogP contribution < -0.4 is 9.47 Å². The first kappa shape index (κ1) is 26.2. The number of ether oxygens (including phenoxy) is 5. The van der Waals surface area contributed by atoms with E-state index in [1.54, 1.807) is 31.3 Å². The van der Waals surface area contributed by atoms with Gasteiger partial charge in [0.25, 0.3) is 5.79 Å². The molecule has 0 amide bonds. The Hall–Kier alpha value is -4.08. The maximum Gasteiger partial charge on any atom is 0.331 e. The summed E-state index contributed by atoms with van der Waals surface area (Å²) >= 11 is 0. The maximum absolute atomic E-state index is 14.5. The molecular weight excluding hydrogens is 516 g/mol. The Labute approximate surface area is 232 Å². The maximum atomic E-state index is 14.5. The number of fused-ring (bicyclic) bond motifs is 4. The molecule has 2 aromatic rings. The molecule has 1 unspecified atom stereocenters. The molecule has 3 atom stereocenters. The second-order valence-corrected chi connectivity index (χ2v) is 10.6. The molecule has 2 saturated heterocycles. The van der Waals surface area contributed by atoms with Crippen LogP contribution in [0.2, 0.25) is 0 Å². The van der Waals surface area contributed by atoms with Crippen LogP contribution in [0.25, 0.3) is 0 Å². The molecule has 6 rings (SSSR count). The van der Waals surface area contributed by atoms with Gasteiger partial charge >= 0.3 is 17.9 Å². The standard InChI is InChI=1S/C30H32N2O8/c1-4-38-26(33)24-23(18-12-13-21(36-2)22(16-18)37-3)30(25-20-11-7-6-10-19(20)17-31-32(24)25)27(34)39-29(40-28(30)35)14-8-5-9-15-29/h6-7,10-13,16-17,23-25H,4-5,8-9,14-15H2,1-3H3/t23-,24+,25?/m0/s1. The van der Waals surface area contributed by atoms with Crippen molar-refractivity contribution in [2.75, 3.05) is 20.8 Å². The van der Waals surface area contributed by atoms with Crippen LogP contribution in [0.15, 0.2) is 47.6 Å². The molecule has 1 aliphatic carbocycles. The van der Waals surface area contributed by atoms with Crippen molar-refractivity contribution < 1.29 is 38.1 Å². The number of esters is 3. The van der Waals surface area contributed by atoms with Crippen molar-refractivity contribution in [3.05, 3.63) is 59.2 Å². The Morgan fingerprint density at radius 1 is 1.00 bits per heavy atom. The molecule has 0 N–H and O–H groups in total. The van der Waals surface area contributed by atoms with E-state index in [9.17, 15) is 14.4 Å². The van der Waals surface area contributed by atoms with Crippen molar-refractivity contribution in [3.8, 4) is 11.5 Å². The second kappa shape index (κ2) is 9.83. The van der Waals surface area contributed by atoms with Gasteiger partial charge in [-0.3, -0.25) is 14.6 Å². The molecule has 10 heteroatoms. The van der Waals surface area contributed by atoms with Crippen molar-refractivity contribution in [1.29, 1.82) is 0 Å². The summed E-state index contributed by atoms with van der Waals surface area (Å²) in [4.78, 5) is 42.8. The highest BCUT2D eigenvalue weighted by molar-refractivity contribution is 6.06. The lowest BCUT2D eigenvalue weighted by molar-refractivity contribution is -0.273. The number of benzene rings is 2. The first-order chi connectivity index (χ1) is 19.4. The highest BCUT2D eigenvalue weighted by Crippen LogP contribution is 2.63. The molecule has 0 aromatic heterocycles. The smallest absolute Gasteiger partial charge is 0.331 e. The second-order valence-electron chi connectivity index (χ2n) is 10.6.